The van der Waals surface area contributed by atoms with E-state index in [2.05, 4.69) is 15.5 Å². The molecule has 1 amide bonds. The predicted molar refractivity (Wildman–Crippen MR) is 85.8 cm³/mol. The van der Waals surface area contributed by atoms with Crippen molar-refractivity contribution in [1.82, 2.24) is 10.2 Å². The van der Waals surface area contributed by atoms with Crippen molar-refractivity contribution in [3.8, 4) is 5.75 Å². The summed E-state index contributed by atoms with van der Waals surface area (Å²) in [7, 11) is 1.60. The van der Waals surface area contributed by atoms with Crippen molar-refractivity contribution in [1.29, 1.82) is 0 Å². The Labute approximate surface area is 133 Å². The van der Waals surface area contributed by atoms with Crippen LogP contribution in [0.2, 0.25) is 0 Å². The molecule has 6 nitrogen and oxygen atoms in total. The van der Waals surface area contributed by atoms with Crippen molar-refractivity contribution < 1.29 is 14.3 Å². The normalized spacial score (nSPS) is 10.7. The fourth-order valence-corrected chi connectivity index (χ4v) is 2.44. The Morgan fingerprint density at radius 1 is 1.27 bits per heavy atom. The Kier molecular flexibility index (Phi) is 5.85. The van der Waals surface area contributed by atoms with Gasteiger partial charge in [0.25, 0.3) is 5.91 Å². The van der Waals surface area contributed by atoms with Crippen LogP contribution in [-0.4, -0.2) is 36.4 Å². The van der Waals surface area contributed by atoms with Crippen molar-refractivity contribution in [3.63, 3.8) is 0 Å². The minimum atomic E-state index is -0.264. The first kappa shape index (κ1) is 16.4. The summed E-state index contributed by atoms with van der Waals surface area (Å²) in [6.45, 7) is 4.91. The van der Waals surface area contributed by atoms with Gasteiger partial charge in [-0.25, -0.2) is 0 Å². The van der Waals surface area contributed by atoms with E-state index in [0.717, 1.165) is 5.01 Å². The number of rotatable bonds is 7. The van der Waals surface area contributed by atoms with E-state index in [-0.39, 0.29) is 11.8 Å². The van der Waals surface area contributed by atoms with Crippen LogP contribution in [0.1, 0.15) is 35.1 Å². The fraction of sp³-hybridized carbons (Fsp3) is 0.400. The fourth-order valence-electron chi connectivity index (χ4n) is 1.70. The molecule has 0 saturated carbocycles. The largest absolute Gasteiger partial charge is 0.490 e. The number of anilines is 1. The molecule has 1 aromatic carbocycles. The van der Waals surface area contributed by atoms with Gasteiger partial charge in [0, 0.05) is 13.0 Å². The number of nitrogens with zero attached hydrogens (tertiary/aromatic N) is 2. The van der Waals surface area contributed by atoms with Crippen LogP contribution in [0.25, 0.3) is 0 Å². The molecule has 1 heterocycles. The van der Waals surface area contributed by atoms with Crippen molar-refractivity contribution in [2.45, 2.75) is 19.8 Å². The third kappa shape index (κ3) is 4.25. The molecule has 22 heavy (non-hydrogen) atoms. The second-order valence-electron chi connectivity index (χ2n) is 4.89. The van der Waals surface area contributed by atoms with E-state index in [9.17, 15) is 4.79 Å². The van der Waals surface area contributed by atoms with Gasteiger partial charge in [-0.2, -0.15) is 0 Å². The number of amides is 1. The molecule has 0 atom stereocenters. The highest BCUT2D eigenvalue weighted by atomic mass is 32.1. The van der Waals surface area contributed by atoms with Crippen LogP contribution in [0.5, 0.6) is 5.75 Å². The van der Waals surface area contributed by atoms with Crippen molar-refractivity contribution >= 4 is 22.4 Å². The van der Waals surface area contributed by atoms with Gasteiger partial charge in [0.2, 0.25) is 5.13 Å². The molecule has 0 saturated heterocycles. The molecule has 0 aliphatic carbocycles. The van der Waals surface area contributed by atoms with Gasteiger partial charge >= 0.3 is 0 Å². The Balaban J connectivity index is 2.08. The number of hydrogen-bond acceptors (Lipinski definition) is 6. The summed E-state index contributed by atoms with van der Waals surface area (Å²) in [5.74, 6) is 0.540. The first-order valence-corrected chi connectivity index (χ1v) is 7.79. The third-order valence-corrected chi connectivity index (χ3v) is 3.97. The molecule has 0 unspecified atom stereocenters. The highest BCUT2D eigenvalue weighted by Crippen LogP contribution is 2.24. The second kappa shape index (κ2) is 7.86. The van der Waals surface area contributed by atoms with E-state index in [4.69, 9.17) is 9.47 Å². The Bertz CT molecular complexity index is 628. The average Bonchev–Trinajstić information content (AvgIpc) is 2.97. The van der Waals surface area contributed by atoms with Gasteiger partial charge < -0.3 is 9.47 Å². The minimum absolute atomic E-state index is 0.264. The standard InChI is InChI=1S/C15H19N3O3S/c1-10(2)14-17-18-15(22-14)16-13(19)11-6-4-5-7-12(11)21-9-8-20-3/h4-7,10H,8-9H2,1-3H3,(H,16,18,19). The maximum Gasteiger partial charge on any atom is 0.261 e. The zero-order valence-electron chi connectivity index (χ0n) is 12.8. The van der Waals surface area contributed by atoms with E-state index in [1.54, 1.807) is 25.3 Å². The molecular formula is C15H19N3O3S. The summed E-state index contributed by atoms with van der Waals surface area (Å²) >= 11 is 1.38. The quantitative estimate of drug-likeness (QED) is 0.794. The van der Waals surface area contributed by atoms with Gasteiger partial charge in [-0.1, -0.05) is 37.3 Å². The van der Waals surface area contributed by atoms with Crippen LogP contribution < -0.4 is 10.1 Å². The molecular weight excluding hydrogens is 302 g/mol. The van der Waals surface area contributed by atoms with E-state index in [1.807, 2.05) is 19.9 Å². The van der Waals surface area contributed by atoms with Crippen LogP contribution in [0.3, 0.4) is 0 Å². The molecule has 2 rings (SSSR count). The third-order valence-electron chi connectivity index (χ3n) is 2.83. The number of hydrogen-bond donors (Lipinski definition) is 1. The maximum atomic E-state index is 12.4. The Hall–Kier alpha value is -1.99. The summed E-state index contributed by atoms with van der Waals surface area (Å²) in [6.07, 6.45) is 0. The zero-order valence-corrected chi connectivity index (χ0v) is 13.6. The number of methoxy groups -OCH3 is 1. The van der Waals surface area contributed by atoms with E-state index in [1.165, 1.54) is 11.3 Å². The van der Waals surface area contributed by atoms with Gasteiger partial charge in [-0.05, 0) is 12.1 Å². The molecule has 0 aliphatic heterocycles. The summed E-state index contributed by atoms with van der Waals surface area (Å²) in [5, 5.41) is 12.2. The number of ether oxygens (including phenoxy) is 2. The summed E-state index contributed by atoms with van der Waals surface area (Å²) in [5.41, 5.74) is 0.458. The van der Waals surface area contributed by atoms with E-state index < -0.39 is 0 Å². The van der Waals surface area contributed by atoms with E-state index in [0.29, 0.717) is 29.7 Å². The second-order valence-corrected chi connectivity index (χ2v) is 5.90. The van der Waals surface area contributed by atoms with E-state index >= 15 is 0 Å². The SMILES string of the molecule is COCCOc1ccccc1C(=O)Nc1nnc(C(C)C)s1. The Morgan fingerprint density at radius 3 is 2.73 bits per heavy atom. The highest BCUT2D eigenvalue weighted by molar-refractivity contribution is 7.15. The molecule has 0 radical (unpaired) electrons. The van der Waals surface area contributed by atoms with Gasteiger partial charge in [-0.15, -0.1) is 10.2 Å². The lowest BCUT2D eigenvalue weighted by Gasteiger charge is -2.10. The topological polar surface area (TPSA) is 73.3 Å². The van der Waals surface area contributed by atoms with Crippen molar-refractivity contribution in [2.24, 2.45) is 0 Å². The Morgan fingerprint density at radius 2 is 2.05 bits per heavy atom. The number of carbonyl (C=O) groups is 1. The molecule has 118 valence electrons. The van der Waals surface area contributed by atoms with Crippen LogP contribution >= 0.6 is 11.3 Å². The lowest BCUT2D eigenvalue weighted by Crippen LogP contribution is -2.14. The first-order valence-electron chi connectivity index (χ1n) is 6.97. The van der Waals surface area contributed by atoms with Gasteiger partial charge in [0.05, 0.1) is 12.2 Å². The number of para-hydroxylation sites is 1. The monoisotopic (exact) mass is 321 g/mol. The average molecular weight is 321 g/mol. The molecule has 0 aliphatic rings. The molecule has 0 bridgehead atoms. The van der Waals surface area contributed by atoms with Gasteiger partial charge in [0.1, 0.15) is 17.4 Å². The van der Waals surface area contributed by atoms with Crippen molar-refractivity contribution in [3.05, 3.63) is 34.8 Å². The zero-order chi connectivity index (χ0) is 15.9. The summed E-state index contributed by atoms with van der Waals surface area (Å²) in [4.78, 5) is 12.4. The van der Waals surface area contributed by atoms with Gasteiger partial charge in [-0.3, -0.25) is 10.1 Å². The van der Waals surface area contributed by atoms with Crippen LogP contribution in [0.15, 0.2) is 24.3 Å². The number of nitrogens with one attached hydrogen (secondary N) is 1. The molecule has 0 spiro atoms. The maximum absolute atomic E-state index is 12.4. The number of benzene rings is 1. The molecule has 7 heteroatoms. The van der Waals surface area contributed by atoms with Crippen LogP contribution in [-0.2, 0) is 4.74 Å². The lowest BCUT2D eigenvalue weighted by atomic mass is 10.2. The van der Waals surface area contributed by atoms with Crippen LogP contribution in [0.4, 0.5) is 5.13 Å². The van der Waals surface area contributed by atoms with Gasteiger partial charge in [0.15, 0.2) is 0 Å². The highest BCUT2D eigenvalue weighted by Gasteiger charge is 2.15. The molecule has 1 aromatic heterocycles. The first-order chi connectivity index (χ1) is 10.6. The lowest BCUT2D eigenvalue weighted by molar-refractivity contribution is 0.101. The van der Waals surface area contributed by atoms with Crippen molar-refractivity contribution in [2.75, 3.05) is 25.6 Å². The smallest absolute Gasteiger partial charge is 0.261 e. The molecule has 0 fully saturated rings. The predicted octanol–water partition coefficient (Wildman–Crippen LogP) is 2.94. The summed E-state index contributed by atoms with van der Waals surface area (Å²) < 4.78 is 10.5. The van der Waals surface area contributed by atoms with Crippen LogP contribution in [0, 0.1) is 0 Å². The summed E-state index contributed by atoms with van der Waals surface area (Å²) in [6, 6.07) is 7.07. The minimum Gasteiger partial charge on any atom is -0.490 e. The number of carbonyl (C=O) groups excluding carboxylic acids is 1. The number of aromatic nitrogens is 2. The molecule has 1 N–H and O–H groups in total. The molecule has 2 aromatic rings.